The van der Waals surface area contributed by atoms with Crippen LogP contribution in [0.1, 0.15) is 50.3 Å². The number of benzene rings is 2. The maximum Gasteiger partial charge on any atom is 0.227 e. The molecule has 5 rings (SSSR count). The van der Waals surface area contributed by atoms with Crippen LogP contribution < -0.4 is 14.8 Å². The van der Waals surface area contributed by atoms with Gasteiger partial charge in [-0.25, -0.2) is 4.68 Å². The van der Waals surface area contributed by atoms with Gasteiger partial charge >= 0.3 is 0 Å². The molecule has 0 saturated heterocycles. The van der Waals surface area contributed by atoms with Crippen LogP contribution in [-0.2, 0) is 10.5 Å². The summed E-state index contributed by atoms with van der Waals surface area (Å²) in [5.41, 5.74) is 3.59. The standard InChI is InChI=1S/C26H27ClN4O3S/c1-15(2)34-21-12-11-16(13-22(21)33-3)24-23-19(9-6-10-20(23)32)28-25-29-26(30-31(24)25)35-14-17-7-4-5-8-18(17)27/h4-5,7-8,11-13,15,24H,6,9-10,14H2,1-3H3,(H,28,29,30). The van der Waals surface area contributed by atoms with Crippen LogP contribution in [0, 0.1) is 0 Å². The van der Waals surface area contributed by atoms with Crippen LogP contribution in [0.2, 0.25) is 5.02 Å². The predicted octanol–water partition coefficient (Wildman–Crippen LogP) is 6.04. The summed E-state index contributed by atoms with van der Waals surface area (Å²) in [7, 11) is 1.62. The number of allylic oxidation sites excluding steroid dienone is 2. The summed E-state index contributed by atoms with van der Waals surface area (Å²) >= 11 is 7.84. The van der Waals surface area contributed by atoms with Crippen molar-refractivity contribution in [2.45, 2.75) is 56.2 Å². The fraction of sp³-hybridized carbons (Fsp3) is 0.346. The van der Waals surface area contributed by atoms with E-state index >= 15 is 0 Å². The SMILES string of the molecule is COc1cc(C2C3=C(CCCC3=O)Nc3nc(SCc4ccccc4Cl)nn32)ccc1OC(C)C. The number of fused-ring (bicyclic) bond motifs is 1. The van der Waals surface area contributed by atoms with E-state index in [-0.39, 0.29) is 11.9 Å². The van der Waals surface area contributed by atoms with Crippen LogP contribution >= 0.6 is 23.4 Å². The van der Waals surface area contributed by atoms with E-state index < -0.39 is 6.04 Å². The van der Waals surface area contributed by atoms with Crippen molar-refractivity contribution in [1.82, 2.24) is 14.8 Å². The molecule has 1 N–H and O–H groups in total. The summed E-state index contributed by atoms with van der Waals surface area (Å²) in [5, 5.41) is 9.53. The Morgan fingerprint density at radius 2 is 2.03 bits per heavy atom. The van der Waals surface area contributed by atoms with Gasteiger partial charge in [0.2, 0.25) is 11.1 Å². The van der Waals surface area contributed by atoms with Crippen LogP contribution in [0.3, 0.4) is 0 Å². The molecule has 182 valence electrons. The number of carbonyl (C=O) groups is 1. The van der Waals surface area contributed by atoms with Gasteiger partial charge in [0.15, 0.2) is 17.3 Å². The second-order valence-electron chi connectivity index (χ2n) is 8.82. The fourth-order valence-corrected chi connectivity index (χ4v) is 5.58. The normalized spacial score (nSPS) is 17.2. The summed E-state index contributed by atoms with van der Waals surface area (Å²) in [6.07, 6.45) is 2.17. The minimum absolute atomic E-state index is 0.0162. The third-order valence-electron chi connectivity index (χ3n) is 6.03. The number of methoxy groups -OCH3 is 1. The van der Waals surface area contributed by atoms with E-state index in [0.29, 0.717) is 34.8 Å². The number of carbonyl (C=O) groups excluding carboxylic acids is 1. The molecular weight excluding hydrogens is 484 g/mol. The van der Waals surface area contributed by atoms with Crippen molar-refractivity contribution in [2.24, 2.45) is 0 Å². The number of hydrogen-bond acceptors (Lipinski definition) is 7. The van der Waals surface area contributed by atoms with E-state index in [1.165, 1.54) is 11.8 Å². The molecule has 3 aromatic rings. The summed E-state index contributed by atoms with van der Waals surface area (Å²) in [6, 6.07) is 13.2. The maximum absolute atomic E-state index is 13.1. The minimum atomic E-state index is -0.391. The summed E-state index contributed by atoms with van der Waals surface area (Å²) in [6.45, 7) is 3.95. The highest BCUT2D eigenvalue weighted by Crippen LogP contribution is 2.43. The van der Waals surface area contributed by atoms with Gasteiger partial charge in [-0.15, -0.1) is 5.10 Å². The van der Waals surface area contributed by atoms with Gasteiger partial charge in [0.05, 0.1) is 13.2 Å². The first kappa shape index (κ1) is 23.8. The van der Waals surface area contributed by atoms with Gasteiger partial charge in [-0.1, -0.05) is 47.6 Å². The van der Waals surface area contributed by atoms with E-state index in [1.807, 2.05) is 61.0 Å². The molecule has 2 aliphatic rings. The van der Waals surface area contributed by atoms with Gasteiger partial charge in [-0.05, 0) is 56.0 Å². The lowest BCUT2D eigenvalue weighted by atomic mass is 9.85. The molecular formula is C26H27ClN4O3S. The Labute approximate surface area is 213 Å². The molecule has 9 heteroatoms. The average molecular weight is 511 g/mol. The largest absolute Gasteiger partial charge is 0.493 e. The number of ketones is 1. The molecule has 0 saturated carbocycles. The Kier molecular flexibility index (Phi) is 6.75. The minimum Gasteiger partial charge on any atom is -0.493 e. The molecule has 1 unspecified atom stereocenters. The van der Waals surface area contributed by atoms with E-state index in [2.05, 4.69) is 5.32 Å². The molecule has 2 aromatic carbocycles. The molecule has 35 heavy (non-hydrogen) atoms. The summed E-state index contributed by atoms with van der Waals surface area (Å²) < 4.78 is 13.3. The zero-order valence-electron chi connectivity index (χ0n) is 19.9. The first-order valence-electron chi connectivity index (χ1n) is 11.6. The molecule has 0 fully saturated rings. The number of aromatic nitrogens is 3. The van der Waals surface area contributed by atoms with Crippen LogP contribution in [0.4, 0.5) is 5.95 Å². The molecule has 0 radical (unpaired) electrons. The molecule has 1 aromatic heterocycles. The molecule has 0 spiro atoms. The van der Waals surface area contributed by atoms with Crippen LogP contribution in [0.15, 0.2) is 58.9 Å². The van der Waals surface area contributed by atoms with Crippen LogP contribution in [0.5, 0.6) is 11.5 Å². The van der Waals surface area contributed by atoms with Crippen molar-refractivity contribution in [3.05, 3.63) is 69.9 Å². The van der Waals surface area contributed by atoms with Crippen LogP contribution in [0.25, 0.3) is 0 Å². The number of anilines is 1. The molecule has 1 atom stereocenters. The smallest absolute Gasteiger partial charge is 0.227 e. The first-order chi connectivity index (χ1) is 16.9. The maximum atomic E-state index is 13.1. The van der Waals surface area contributed by atoms with Crippen molar-refractivity contribution in [2.75, 3.05) is 12.4 Å². The zero-order valence-corrected chi connectivity index (χ0v) is 21.4. The molecule has 2 heterocycles. The molecule has 7 nitrogen and oxygen atoms in total. The second kappa shape index (κ2) is 9.95. The highest BCUT2D eigenvalue weighted by Gasteiger charge is 2.37. The number of rotatable bonds is 7. The monoisotopic (exact) mass is 510 g/mol. The molecule has 0 bridgehead atoms. The van der Waals surface area contributed by atoms with Gasteiger partial charge in [-0.2, -0.15) is 4.98 Å². The highest BCUT2D eigenvalue weighted by atomic mass is 35.5. The Hall–Kier alpha value is -2.97. The van der Waals surface area contributed by atoms with Crippen molar-refractivity contribution in [3.63, 3.8) is 0 Å². The van der Waals surface area contributed by atoms with E-state index in [9.17, 15) is 4.79 Å². The number of nitrogens with zero attached hydrogens (tertiary/aromatic N) is 3. The highest BCUT2D eigenvalue weighted by molar-refractivity contribution is 7.98. The second-order valence-corrected chi connectivity index (χ2v) is 10.2. The Morgan fingerprint density at radius 3 is 2.80 bits per heavy atom. The summed E-state index contributed by atoms with van der Waals surface area (Å²) in [4.78, 5) is 17.9. The number of Topliss-reactive ketones (excluding diaryl/α,β-unsaturated/α-hetero) is 1. The third-order valence-corrected chi connectivity index (χ3v) is 7.28. The lowest BCUT2D eigenvalue weighted by Gasteiger charge is -2.32. The lowest BCUT2D eigenvalue weighted by Crippen LogP contribution is -2.31. The molecule has 0 amide bonds. The average Bonchev–Trinajstić information content (AvgIpc) is 3.25. The van der Waals surface area contributed by atoms with Crippen molar-refractivity contribution in [3.8, 4) is 11.5 Å². The Morgan fingerprint density at radius 1 is 1.20 bits per heavy atom. The summed E-state index contributed by atoms with van der Waals surface area (Å²) in [5.74, 6) is 2.70. The number of halogens is 1. The lowest BCUT2D eigenvalue weighted by molar-refractivity contribution is -0.116. The molecule has 1 aliphatic heterocycles. The van der Waals surface area contributed by atoms with Gasteiger partial charge < -0.3 is 14.8 Å². The van der Waals surface area contributed by atoms with Crippen molar-refractivity contribution >= 4 is 35.1 Å². The topological polar surface area (TPSA) is 78.3 Å². The predicted molar refractivity (Wildman–Crippen MR) is 137 cm³/mol. The third kappa shape index (κ3) is 4.77. The Bertz CT molecular complexity index is 1300. The van der Waals surface area contributed by atoms with Crippen molar-refractivity contribution in [1.29, 1.82) is 0 Å². The zero-order chi connectivity index (χ0) is 24.5. The van der Waals surface area contributed by atoms with Crippen LogP contribution in [-0.4, -0.2) is 33.8 Å². The fourth-order valence-electron chi connectivity index (χ4n) is 4.47. The molecule has 1 aliphatic carbocycles. The van der Waals surface area contributed by atoms with Gasteiger partial charge in [0.1, 0.15) is 6.04 Å². The number of hydrogen-bond donors (Lipinski definition) is 1. The number of thioether (sulfide) groups is 1. The van der Waals surface area contributed by atoms with Gasteiger partial charge in [0, 0.05) is 28.5 Å². The first-order valence-corrected chi connectivity index (χ1v) is 13.0. The van der Waals surface area contributed by atoms with Gasteiger partial charge in [-0.3, -0.25) is 4.79 Å². The number of ether oxygens (including phenoxy) is 2. The van der Waals surface area contributed by atoms with E-state index in [1.54, 1.807) is 7.11 Å². The van der Waals surface area contributed by atoms with E-state index in [0.717, 1.165) is 40.3 Å². The number of nitrogens with one attached hydrogen (secondary N) is 1. The Balaban J connectivity index is 1.53. The van der Waals surface area contributed by atoms with E-state index in [4.69, 9.17) is 31.2 Å². The van der Waals surface area contributed by atoms with Gasteiger partial charge in [0.25, 0.3) is 0 Å². The van der Waals surface area contributed by atoms with Crippen molar-refractivity contribution < 1.29 is 14.3 Å². The quantitative estimate of drug-likeness (QED) is 0.388.